The molecule has 2 fully saturated rings. The van der Waals surface area contributed by atoms with E-state index in [1.807, 2.05) is 17.0 Å². The van der Waals surface area contributed by atoms with Gasteiger partial charge in [-0.2, -0.15) is 0 Å². The topological polar surface area (TPSA) is 55.6 Å². The third-order valence-corrected chi connectivity index (χ3v) is 5.26. The lowest BCUT2D eigenvalue weighted by atomic mass is 10.0. The Balaban J connectivity index is 1.68. The van der Waals surface area contributed by atoms with Crippen molar-refractivity contribution in [2.45, 2.75) is 31.4 Å². The van der Waals surface area contributed by atoms with Gasteiger partial charge in [-0.05, 0) is 37.0 Å². The van der Waals surface area contributed by atoms with E-state index in [1.54, 1.807) is 6.07 Å². The van der Waals surface area contributed by atoms with E-state index in [4.69, 9.17) is 33.7 Å². The number of hydrogen-bond acceptors (Lipinski definition) is 3. The Kier molecular flexibility index (Phi) is 4.93. The van der Waals surface area contributed by atoms with Crippen LogP contribution in [0.15, 0.2) is 18.2 Å². The van der Waals surface area contributed by atoms with Crippen molar-refractivity contribution in [2.75, 3.05) is 19.7 Å². The van der Waals surface area contributed by atoms with Gasteiger partial charge in [0, 0.05) is 18.5 Å². The summed E-state index contributed by atoms with van der Waals surface area (Å²) in [4.78, 5) is 14.5. The number of rotatable bonds is 2. The number of hydrogen-bond donors (Lipinski definition) is 1. The van der Waals surface area contributed by atoms with Crippen LogP contribution in [0.25, 0.3) is 0 Å². The molecule has 1 aliphatic carbocycles. The molecule has 0 aromatic heterocycles. The molecule has 1 saturated carbocycles. The second-order valence-electron chi connectivity index (χ2n) is 6.09. The molecule has 0 bridgehead atoms. The molecule has 1 saturated heterocycles. The van der Waals surface area contributed by atoms with Gasteiger partial charge in [-0.15, -0.1) is 0 Å². The Hall–Kier alpha value is -0.810. The highest BCUT2D eigenvalue weighted by atomic mass is 35.5. The maximum Gasteiger partial charge on any atom is 0.225 e. The molecule has 1 aromatic rings. The monoisotopic (exact) mass is 342 g/mol. The van der Waals surface area contributed by atoms with Crippen molar-refractivity contribution in [3.05, 3.63) is 33.8 Å². The summed E-state index contributed by atoms with van der Waals surface area (Å²) in [5, 5.41) is 1.03. The summed E-state index contributed by atoms with van der Waals surface area (Å²) >= 11 is 12.0. The van der Waals surface area contributed by atoms with Crippen molar-refractivity contribution in [2.24, 2.45) is 11.7 Å². The van der Waals surface area contributed by atoms with Gasteiger partial charge in [-0.1, -0.05) is 29.3 Å². The summed E-state index contributed by atoms with van der Waals surface area (Å²) in [7, 11) is 0. The van der Waals surface area contributed by atoms with Crippen molar-refractivity contribution >= 4 is 29.1 Å². The first-order chi connectivity index (χ1) is 10.5. The van der Waals surface area contributed by atoms with Gasteiger partial charge in [-0.25, -0.2) is 0 Å². The zero-order valence-electron chi connectivity index (χ0n) is 12.3. The highest BCUT2D eigenvalue weighted by Crippen LogP contribution is 2.31. The van der Waals surface area contributed by atoms with E-state index in [1.165, 1.54) is 0 Å². The van der Waals surface area contributed by atoms with E-state index in [0.717, 1.165) is 24.8 Å². The van der Waals surface area contributed by atoms with Gasteiger partial charge in [0.2, 0.25) is 5.91 Å². The number of morpholine rings is 1. The van der Waals surface area contributed by atoms with Crippen LogP contribution < -0.4 is 5.73 Å². The molecule has 1 aliphatic heterocycles. The fourth-order valence-electron chi connectivity index (χ4n) is 3.26. The quantitative estimate of drug-likeness (QED) is 0.898. The van der Waals surface area contributed by atoms with Gasteiger partial charge >= 0.3 is 0 Å². The fourth-order valence-corrected chi connectivity index (χ4v) is 3.57. The Bertz CT molecular complexity index is 567. The number of benzene rings is 1. The average molecular weight is 343 g/mol. The first-order valence-electron chi connectivity index (χ1n) is 7.65. The number of carbonyl (C=O) groups excluding carboxylic acids is 1. The third-order valence-electron chi connectivity index (χ3n) is 4.52. The molecule has 2 N–H and O–H groups in total. The maximum atomic E-state index is 12.6. The second kappa shape index (κ2) is 6.75. The zero-order chi connectivity index (χ0) is 15.7. The minimum Gasteiger partial charge on any atom is -0.370 e. The molecule has 4 nitrogen and oxygen atoms in total. The lowest BCUT2D eigenvalue weighted by Gasteiger charge is -2.34. The van der Waals surface area contributed by atoms with E-state index in [2.05, 4.69) is 0 Å². The Morgan fingerprint density at radius 1 is 1.27 bits per heavy atom. The largest absolute Gasteiger partial charge is 0.370 e. The zero-order valence-corrected chi connectivity index (χ0v) is 13.8. The van der Waals surface area contributed by atoms with Crippen molar-refractivity contribution in [3.63, 3.8) is 0 Å². The number of amides is 1. The molecular formula is C16H20Cl2N2O2. The predicted molar refractivity (Wildman–Crippen MR) is 87.1 cm³/mol. The molecule has 3 unspecified atom stereocenters. The molecule has 2 aliphatic rings. The lowest BCUT2D eigenvalue weighted by molar-refractivity contribution is -0.143. The molecule has 120 valence electrons. The maximum absolute atomic E-state index is 12.6. The van der Waals surface area contributed by atoms with Crippen LogP contribution in [-0.4, -0.2) is 36.5 Å². The third kappa shape index (κ3) is 3.40. The molecule has 6 heteroatoms. The van der Waals surface area contributed by atoms with Crippen LogP contribution in [0.2, 0.25) is 10.0 Å². The van der Waals surface area contributed by atoms with Gasteiger partial charge in [0.1, 0.15) is 6.10 Å². The minimum absolute atomic E-state index is 0.0718. The molecule has 0 radical (unpaired) electrons. The van der Waals surface area contributed by atoms with Crippen LogP contribution in [0.3, 0.4) is 0 Å². The predicted octanol–water partition coefficient (Wildman–Crippen LogP) is 3.02. The van der Waals surface area contributed by atoms with Crippen LogP contribution in [0, 0.1) is 5.92 Å². The summed E-state index contributed by atoms with van der Waals surface area (Å²) in [6.07, 6.45) is 2.49. The summed E-state index contributed by atoms with van der Waals surface area (Å²) in [6.45, 7) is 1.74. The molecule has 1 amide bonds. The van der Waals surface area contributed by atoms with E-state index in [9.17, 15) is 4.79 Å². The van der Waals surface area contributed by atoms with Crippen LogP contribution in [0.1, 0.15) is 30.9 Å². The number of ether oxygens (including phenoxy) is 1. The molecular weight excluding hydrogens is 323 g/mol. The van der Waals surface area contributed by atoms with Gasteiger partial charge in [0.25, 0.3) is 0 Å². The standard InChI is InChI=1S/C16H20Cl2N2O2/c17-13-4-2-10(8-14(13)18)15-9-20(5-6-22-15)16(21)11-1-3-12(19)7-11/h2,4,8,11-12,15H,1,3,5-7,9,19H2. The summed E-state index contributed by atoms with van der Waals surface area (Å²) in [5.74, 6) is 0.281. The Morgan fingerprint density at radius 3 is 2.77 bits per heavy atom. The van der Waals surface area contributed by atoms with Gasteiger partial charge in [0.15, 0.2) is 0 Å². The fraction of sp³-hybridized carbons (Fsp3) is 0.562. The first-order valence-corrected chi connectivity index (χ1v) is 8.41. The van der Waals surface area contributed by atoms with Gasteiger partial charge in [0.05, 0.1) is 23.2 Å². The molecule has 1 aromatic carbocycles. The van der Waals surface area contributed by atoms with Crippen LogP contribution >= 0.6 is 23.2 Å². The average Bonchev–Trinajstić information content (AvgIpc) is 2.96. The molecule has 1 heterocycles. The highest BCUT2D eigenvalue weighted by Gasteiger charge is 2.33. The Labute approximate surface area is 140 Å². The number of halogens is 2. The summed E-state index contributed by atoms with van der Waals surface area (Å²) < 4.78 is 5.80. The number of carbonyl (C=O) groups is 1. The van der Waals surface area contributed by atoms with Gasteiger partial charge < -0.3 is 15.4 Å². The second-order valence-corrected chi connectivity index (χ2v) is 6.90. The van der Waals surface area contributed by atoms with Crippen LogP contribution in [0.5, 0.6) is 0 Å². The van der Waals surface area contributed by atoms with Crippen molar-refractivity contribution in [1.29, 1.82) is 0 Å². The van der Waals surface area contributed by atoms with E-state index in [0.29, 0.717) is 29.7 Å². The smallest absolute Gasteiger partial charge is 0.225 e. The normalized spacial score (nSPS) is 28.9. The molecule has 3 atom stereocenters. The molecule has 0 spiro atoms. The van der Waals surface area contributed by atoms with Crippen molar-refractivity contribution in [1.82, 2.24) is 4.90 Å². The van der Waals surface area contributed by atoms with E-state index >= 15 is 0 Å². The van der Waals surface area contributed by atoms with E-state index < -0.39 is 0 Å². The van der Waals surface area contributed by atoms with Crippen molar-refractivity contribution in [3.8, 4) is 0 Å². The Morgan fingerprint density at radius 2 is 2.09 bits per heavy atom. The lowest BCUT2D eigenvalue weighted by Crippen LogP contribution is -2.44. The van der Waals surface area contributed by atoms with Crippen LogP contribution in [0.4, 0.5) is 0 Å². The first kappa shape index (κ1) is 16.1. The SMILES string of the molecule is NC1CCC(C(=O)N2CCOC(c3ccc(Cl)c(Cl)c3)C2)C1. The van der Waals surface area contributed by atoms with Crippen molar-refractivity contribution < 1.29 is 9.53 Å². The highest BCUT2D eigenvalue weighted by molar-refractivity contribution is 6.42. The molecule has 3 rings (SSSR count). The van der Waals surface area contributed by atoms with E-state index in [-0.39, 0.29) is 24.0 Å². The number of nitrogens with zero attached hydrogens (tertiary/aromatic N) is 1. The van der Waals surface area contributed by atoms with Crippen LogP contribution in [-0.2, 0) is 9.53 Å². The minimum atomic E-state index is -0.150. The summed E-state index contributed by atoms with van der Waals surface area (Å²) in [6, 6.07) is 5.65. The van der Waals surface area contributed by atoms with Gasteiger partial charge in [-0.3, -0.25) is 4.79 Å². The summed E-state index contributed by atoms with van der Waals surface area (Å²) in [5.41, 5.74) is 6.87. The molecule has 22 heavy (non-hydrogen) atoms. The number of nitrogens with two attached hydrogens (primary N) is 1.